The molecule has 1 amide bonds. The van der Waals surface area contributed by atoms with Gasteiger partial charge in [-0.25, -0.2) is 4.79 Å². The van der Waals surface area contributed by atoms with Gasteiger partial charge in [-0.2, -0.15) is 0 Å². The number of carbonyl (C=O) groups excluding carboxylic acids is 1. The van der Waals surface area contributed by atoms with Crippen LogP contribution in [0.1, 0.15) is 90.4 Å². The monoisotopic (exact) mass is 419 g/mol. The Morgan fingerprint density at radius 2 is 1.03 bits per heavy atom. The summed E-state index contributed by atoms with van der Waals surface area (Å²) in [6.45, 7) is 2.54. The molecule has 0 aromatic heterocycles. The number of carboxylic acids is 1. The highest BCUT2D eigenvalue weighted by Gasteiger charge is 2.37. The predicted molar refractivity (Wildman–Crippen MR) is 110 cm³/mol. The molecule has 0 rings (SSSR count). The van der Waals surface area contributed by atoms with Crippen LogP contribution >= 0.6 is 0 Å². The summed E-state index contributed by atoms with van der Waals surface area (Å²) in [6.07, 6.45) is 7.12. The zero-order valence-electron chi connectivity index (χ0n) is 17.8. The third-order valence-electron chi connectivity index (χ3n) is 5.10. The van der Waals surface area contributed by atoms with E-state index in [1.54, 1.807) is 0 Å². The van der Waals surface area contributed by atoms with Gasteiger partial charge in [-0.05, 0) is 6.42 Å². The van der Waals surface area contributed by atoms with Crippen molar-refractivity contribution < 1.29 is 35.1 Å². The number of nitrogens with one attached hydrogen (secondary N) is 1. The molecule has 0 fully saturated rings. The van der Waals surface area contributed by atoms with Crippen LogP contribution in [0.25, 0.3) is 0 Å². The normalized spacial score (nSPS) is 15.5. The first-order chi connectivity index (χ1) is 13.8. The number of aliphatic hydroxyl groups is 4. The highest BCUT2D eigenvalue weighted by atomic mass is 16.4. The topological polar surface area (TPSA) is 147 Å². The first-order valence-electron chi connectivity index (χ1n) is 11.1. The largest absolute Gasteiger partial charge is 0.479 e. The van der Waals surface area contributed by atoms with Crippen LogP contribution in [0, 0.1) is 0 Å². The third-order valence-corrected chi connectivity index (χ3v) is 5.10. The number of hydrogen-bond donors (Lipinski definition) is 6. The molecule has 0 aromatic carbocycles. The predicted octanol–water partition coefficient (Wildman–Crippen LogP) is 1.72. The highest BCUT2D eigenvalue weighted by molar-refractivity contribution is 5.81. The molecule has 0 heterocycles. The fourth-order valence-electron chi connectivity index (χ4n) is 3.13. The van der Waals surface area contributed by atoms with E-state index >= 15 is 0 Å². The van der Waals surface area contributed by atoms with Crippen LogP contribution in [0.2, 0.25) is 0 Å². The van der Waals surface area contributed by atoms with Gasteiger partial charge in [-0.1, -0.05) is 84.0 Å². The SMILES string of the molecule is CCCCCCCCCCCCCCCNC(=O)[C@@H](O)[C@H](O)[C@@H](O)[C@@H](O)C(=O)O. The summed E-state index contributed by atoms with van der Waals surface area (Å²) in [6, 6.07) is 0. The van der Waals surface area contributed by atoms with E-state index in [9.17, 15) is 24.9 Å². The Morgan fingerprint density at radius 3 is 1.45 bits per heavy atom. The third kappa shape index (κ3) is 13.6. The molecule has 0 saturated heterocycles. The molecule has 6 N–H and O–H groups in total. The maximum atomic E-state index is 11.7. The average Bonchev–Trinajstić information content (AvgIpc) is 2.71. The van der Waals surface area contributed by atoms with Crippen molar-refractivity contribution in [2.45, 2.75) is 115 Å². The van der Waals surface area contributed by atoms with Gasteiger partial charge in [0.25, 0.3) is 5.91 Å². The van der Waals surface area contributed by atoms with Crippen molar-refractivity contribution in [3.05, 3.63) is 0 Å². The molecule has 0 saturated carbocycles. The number of hydrogen-bond acceptors (Lipinski definition) is 6. The van der Waals surface area contributed by atoms with Gasteiger partial charge in [-0.15, -0.1) is 0 Å². The smallest absolute Gasteiger partial charge is 0.335 e. The fraction of sp³-hybridized carbons (Fsp3) is 0.905. The summed E-state index contributed by atoms with van der Waals surface area (Å²) >= 11 is 0. The maximum absolute atomic E-state index is 11.7. The molecule has 0 radical (unpaired) electrons. The fourth-order valence-corrected chi connectivity index (χ4v) is 3.13. The lowest BCUT2D eigenvalue weighted by atomic mass is 10.0. The molecule has 0 bridgehead atoms. The highest BCUT2D eigenvalue weighted by Crippen LogP contribution is 2.12. The molecule has 0 aliphatic rings. The lowest BCUT2D eigenvalue weighted by Crippen LogP contribution is -2.52. The van der Waals surface area contributed by atoms with E-state index in [1.807, 2.05) is 0 Å². The molecular formula is C21H41NO7. The van der Waals surface area contributed by atoms with Crippen LogP contribution in [-0.4, -0.2) is 68.4 Å². The maximum Gasteiger partial charge on any atom is 0.335 e. The van der Waals surface area contributed by atoms with Crippen molar-refractivity contribution in [3.63, 3.8) is 0 Å². The lowest BCUT2D eigenvalue weighted by molar-refractivity contribution is -0.166. The van der Waals surface area contributed by atoms with E-state index in [1.165, 1.54) is 57.8 Å². The molecule has 29 heavy (non-hydrogen) atoms. The van der Waals surface area contributed by atoms with E-state index in [0.717, 1.165) is 25.7 Å². The Morgan fingerprint density at radius 1 is 0.655 bits per heavy atom. The zero-order valence-corrected chi connectivity index (χ0v) is 17.8. The van der Waals surface area contributed by atoms with Crippen LogP contribution < -0.4 is 5.32 Å². The molecule has 8 nitrogen and oxygen atoms in total. The summed E-state index contributed by atoms with van der Waals surface area (Å²) in [4.78, 5) is 22.3. The Balaban J connectivity index is 3.63. The van der Waals surface area contributed by atoms with E-state index < -0.39 is 36.3 Å². The van der Waals surface area contributed by atoms with Gasteiger partial charge >= 0.3 is 5.97 Å². The number of amides is 1. The second kappa shape index (κ2) is 17.6. The van der Waals surface area contributed by atoms with Gasteiger partial charge < -0.3 is 30.8 Å². The van der Waals surface area contributed by atoms with Crippen molar-refractivity contribution in [2.24, 2.45) is 0 Å². The molecule has 0 aromatic rings. The van der Waals surface area contributed by atoms with Crippen molar-refractivity contribution in [2.75, 3.05) is 6.54 Å². The lowest BCUT2D eigenvalue weighted by Gasteiger charge is -2.23. The van der Waals surface area contributed by atoms with Crippen LogP contribution in [0.3, 0.4) is 0 Å². The van der Waals surface area contributed by atoms with Crippen molar-refractivity contribution in [1.82, 2.24) is 5.32 Å². The second-order valence-corrected chi connectivity index (χ2v) is 7.74. The molecule has 0 spiro atoms. The number of aliphatic hydroxyl groups excluding tert-OH is 4. The molecule has 172 valence electrons. The van der Waals surface area contributed by atoms with Crippen molar-refractivity contribution in [3.8, 4) is 0 Å². The molecule has 8 heteroatoms. The number of rotatable bonds is 19. The minimum atomic E-state index is -2.28. The van der Waals surface area contributed by atoms with E-state index in [4.69, 9.17) is 10.2 Å². The minimum absolute atomic E-state index is 0.317. The van der Waals surface area contributed by atoms with Crippen LogP contribution in [0.4, 0.5) is 0 Å². The van der Waals surface area contributed by atoms with Crippen molar-refractivity contribution in [1.29, 1.82) is 0 Å². The van der Waals surface area contributed by atoms with Crippen LogP contribution in [0.15, 0.2) is 0 Å². The molecule has 4 atom stereocenters. The Hall–Kier alpha value is -1.22. The summed E-state index contributed by atoms with van der Waals surface area (Å²) in [5, 5.41) is 48.9. The van der Waals surface area contributed by atoms with Crippen molar-refractivity contribution >= 4 is 11.9 Å². The molecule has 0 aliphatic carbocycles. The summed E-state index contributed by atoms with van der Waals surface area (Å²) in [5.41, 5.74) is 0. The number of carboxylic acid groups (broad SMARTS) is 1. The first-order valence-corrected chi connectivity index (χ1v) is 11.1. The summed E-state index contributed by atoms with van der Waals surface area (Å²) in [5.74, 6) is -2.66. The number of carbonyl (C=O) groups is 2. The molecule has 0 unspecified atom stereocenters. The van der Waals surface area contributed by atoms with Gasteiger partial charge in [0.15, 0.2) is 12.2 Å². The van der Waals surface area contributed by atoms with Crippen LogP contribution in [-0.2, 0) is 9.59 Å². The Labute approximate surface area is 174 Å². The first kappa shape index (κ1) is 27.8. The van der Waals surface area contributed by atoms with E-state index in [0.29, 0.717) is 6.54 Å². The standard InChI is InChI=1S/C21H41NO7/c1-2-3-4-5-6-7-8-9-10-11-12-13-14-15-22-20(27)18(25)16(23)17(24)19(26)21(28)29/h16-19,23-26H,2-15H2,1H3,(H,22,27)(H,28,29)/t16-,17-,18+,19-/m1/s1. The minimum Gasteiger partial charge on any atom is -0.479 e. The van der Waals surface area contributed by atoms with Gasteiger partial charge in [0.05, 0.1) is 0 Å². The van der Waals surface area contributed by atoms with Gasteiger partial charge in [0, 0.05) is 6.54 Å². The quantitative estimate of drug-likeness (QED) is 0.175. The Bertz CT molecular complexity index is 433. The van der Waals surface area contributed by atoms with E-state index in [2.05, 4.69) is 12.2 Å². The Kier molecular flexibility index (Phi) is 16.9. The number of unbranched alkanes of at least 4 members (excludes halogenated alkanes) is 12. The second-order valence-electron chi connectivity index (χ2n) is 7.74. The van der Waals surface area contributed by atoms with Crippen LogP contribution in [0.5, 0.6) is 0 Å². The van der Waals surface area contributed by atoms with E-state index in [-0.39, 0.29) is 0 Å². The number of aliphatic carboxylic acids is 1. The summed E-state index contributed by atoms with van der Waals surface area (Å²) in [7, 11) is 0. The molecule has 0 aliphatic heterocycles. The zero-order chi connectivity index (χ0) is 22.1. The summed E-state index contributed by atoms with van der Waals surface area (Å²) < 4.78 is 0. The van der Waals surface area contributed by atoms with Gasteiger partial charge in [0.2, 0.25) is 0 Å². The van der Waals surface area contributed by atoms with Gasteiger partial charge in [-0.3, -0.25) is 4.79 Å². The molecular weight excluding hydrogens is 378 g/mol. The average molecular weight is 420 g/mol. The van der Waals surface area contributed by atoms with Gasteiger partial charge in [0.1, 0.15) is 12.2 Å².